The van der Waals surface area contributed by atoms with Gasteiger partial charge in [0.15, 0.2) is 5.82 Å². The predicted molar refractivity (Wildman–Crippen MR) is 99.6 cm³/mol. The van der Waals surface area contributed by atoms with E-state index in [0.717, 1.165) is 54.2 Å². The Morgan fingerprint density at radius 3 is 2.92 bits per heavy atom. The summed E-state index contributed by atoms with van der Waals surface area (Å²) in [4.78, 5) is 16.0. The average Bonchev–Trinajstić information content (AvgIpc) is 3.05. The number of hydrogen-bond donors (Lipinski definition) is 1. The van der Waals surface area contributed by atoms with Crippen molar-refractivity contribution in [1.29, 1.82) is 0 Å². The zero-order valence-corrected chi connectivity index (χ0v) is 14.9. The summed E-state index contributed by atoms with van der Waals surface area (Å²) in [5.41, 5.74) is 0.934. The van der Waals surface area contributed by atoms with Gasteiger partial charge in [0.1, 0.15) is 10.6 Å². The Balaban J connectivity index is 1.90. The molecule has 0 aliphatic rings. The first-order valence-corrected chi connectivity index (χ1v) is 9.16. The van der Waals surface area contributed by atoms with Crippen molar-refractivity contribution >= 4 is 27.4 Å². The SMILES string of the molecule is CCOCCCNc1nc(-c2cccnc2)nc2sc(CC)cc12. The van der Waals surface area contributed by atoms with Crippen molar-refractivity contribution in [3.63, 3.8) is 0 Å². The third kappa shape index (κ3) is 3.88. The van der Waals surface area contributed by atoms with Crippen LogP contribution in [0, 0.1) is 0 Å². The van der Waals surface area contributed by atoms with E-state index < -0.39 is 0 Å². The van der Waals surface area contributed by atoms with Crippen LogP contribution in [-0.4, -0.2) is 34.7 Å². The Labute approximate surface area is 146 Å². The molecule has 0 fully saturated rings. The Bertz CT molecular complexity index is 788. The zero-order chi connectivity index (χ0) is 16.8. The van der Waals surface area contributed by atoms with Crippen LogP contribution < -0.4 is 5.32 Å². The summed E-state index contributed by atoms with van der Waals surface area (Å²) in [6.07, 6.45) is 5.52. The minimum absolute atomic E-state index is 0.715. The first-order valence-electron chi connectivity index (χ1n) is 8.34. The second kappa shape index (κ2) is 8.17. The lowest BCUT2D eigenvalue weighted by molar-refractivity contribution is 0.147. The van der Waals surface area contributed by atoms with E-state index >= 15 is 0 Å². The Morgan fingerprint density at radius 1 is 1.25 bits per heavy atom. The molecule has 0 saturated carbocycles. The molecule has 5 nitrogen and oxygen atoms in total. The molecule has 0 saturated heterocycles. The number of nitrogens with zero attached hydrogens (tertiary/aromatic N) is 3. The number of aryl methyl sites for hydroxylation is 1. The Hall–Kier alpha value is -2.05. The number of fused-ring (bicyclic) bond motifs is 1. The number of nitrogens with one attached hydrogen (secondary N) is 1. The number of thiophene rings is 1. The van der Waals surface area contributed by atoms with Crippen LogP contribution in [0.1, 0.15) is 25.1 Å². The molecule has 0 radical (unpaired) electrons. The number of rotatable bonds is 8. The van der Waals surface area contributed by atoms with E-state index in [4.69, 9.17) is 14.7 Å². The normalized spacial score (nSPS) is 11.1. The molecule has 0 aliphatic heterocycles. The number of anilines is 1. The first-order chi connectivity index (χ1) is 11.8. The molecule has 0 bridgehead atoms. The van der Waals surface area contributed by atoms with Crippen LogP contribution in [0.25, 0.3) is 21.6 Å². The van der Waals surface area contributed by atoms with Crippen molar-refractivity contribution in [1.82, 2.24) is 15.0 Å². The lowest BCUT2D eigenvalue weighted by atomic mass is 10.2. The van der Waals surface area contributed by atoms with Gasteiger partial charge < -0.3 is 10.1 Å². The van der Waals surface area contributed by atoms with Crippen molar-refractivity contribution < 1.29 is 4.74 Å². The van der Waals surface area contributed by atoms with Gasteiger partial charge in [-0.2, -0.15) is 0 Å². The highest BCUT2D eigenvalue weighted by atomic mass is 32.1. The minimum Gasteiger partial charge on any atom is -0.382 e. The van der Waals surface area contributed by atoms with Gasteiger partial charge >= 0.3 is 0 Å². The van der Waals surface area contributed by atoms with Gasteiger partial charge in [0, 0.05) is 42.6 Å². The molecule has 0 aromatic carbocycles. The summed E-state index contributed by atoms with van der Waals surface area (Å²) in [7, 11) is 0. The monoisotopic (exact) mass is 342 g/mol. The molecule has 3 aromatic rings. The Kier molecular flexibility index (Phi) is 5.72. The lowest BCUT2D eigenvalue weighted by Gasteiger charge is -2.09. The maximum absolute atomic E-state index is 5.39. The summed E-state index contributed by atoms with van der Waals surface area (Å²) in [6, 6.07) is 6.09. The van der Waals surface area contributed by atoms with Gasteiger partial charge in [-0.15, -0.1) is 11.3 Å². The van der Waals surface area contributed by atoms with E-state index in [9.17, 15) is 0 Å². The molecule has 0 unspecified atom stereocenters. The number of hydrogen-bond acceptors (Lipinski definition) is 6. The van der Waals surface area contributed by atoms with Crippen molar-refractivity contribution in [2.45, 2.75) is 26.7 Å². The third-order valence-corrected chi connectivity index (χ3v) is 4.85. The zero-order valence-electron chi connectivity index (χ0n) is 14.1. The van der Waals surface area contributed by atoms with E-state index in [-0.39, 0.29) is 0 Å². The Morgan fingerprint density at radius 2 is 2.17 bits per heavy atom. The van der Waals surface area contributed by atoms with Gasteiger partial charge in [-0.3, -0.25) is 4.98 Å². The van der Waals surface area contributed by atoms with Gasteiger partial charge in [-0.1, -0.05) is 6.92 Å². The fourth-order valence-electron chi connectivity index (χ4n) is 2.43. The topological polar surface area (TPSA) is 59.9 Å². The number of ether oxygens (including phenoxy) is 1. The molecule has 24 heavy (non-hydrogen) atoms. The molecule has 0 aliphatic carbocycles. The summed E-state index contributed by atoms with van der Waals surface area (Å²) in [5, 5.41) is 4.55. The van der Waals surface area contributed by atoms with Crippen molar-refractivity contribution in [2.24, 2.45) is 0 Å². The van der Waals surface area contributed by atoms with E-state index in [0.29, 0.717) is 5.82 Å². The van der Waals surface area contributed by atoms with E-state index in [1.807, 2.05) is 19.1 Å². The first kappa shape index (κ1) is 16.8. The molecule has 126 valence electrons. The largest absolute Gasteiger partial charge is 0.382 e. The highest BCUT2D eigenvalue weighted by Gasteiger charge is 2.12. The fraction of sp³-hybridized carbons (Fsp3) is 0.389. The van der Waals surface area contributed by atoms with Crippen LogP contribution in [-0.2, 0) is 11.2 Å². The highest BCUT2D eigenvalue weighted by Crippen LogP contribution is 2.31. The summed E-state index contributed by atoms with van der Waals surface area (Å²) in [6.45, 7) is 6.52. The van der Waals surface area contributed by atoms with Gasteiger partial charge in [-0.25, -0.2) is 9.97 Å². The fourth-order valence-corrected chi connectivity index (χ4v) is 3.40. The molecular weight excluding hydrogens is 320 g/mol. The standard InChI is InChI=1S/C18H22N4OS/c1-3-14-11-15-17(20-9-6-10-23-4-2)21-16(22-18(15)24-14)13-7-5-8-19-12-13/h5,7-8,11-12H,3-4,6,9-10H2,1-2H3,(H,20,21,22). The average molecular weight is 342 g/mol. The van der Waals surface area contributed by atoms with Crippen LogP contribution in [0.2, 0.25) is 0 Å². The molecule has 0 amide bonds. The van der Waals surface area contributed by atoms with Gasteiger partial charge in [0.05, 0.1) is 5.39 Å². The van der Waals surface area contributed by atoms with Gasteiger partial charge in [-0.05, 0) is 38.0 Å². The van der Waals surface area contributed by atoms with Crippen molar-refractivity contribution in [3.8, 4) is 11.4 Å². The van der Waals surface area contributed by atoms with Crippen LogP contribution >= 0.6 is 11.3 Å². The molecule has 1 N–H and O–H groups in total. The molecule has 3 heterocycles. The van der Waals surface area contributed by atoms with Crippen LogP contribution in [0.15, 0.2) is 30.6 Å². The van der Waals surface area contributed by atoms with E-state index in [2.05, 4.69) is 23.3 Å². The number of pyridine rings is 1. The molecule has 3 rings (SSSR count). The summed E-state index contributed by atoms with van der Waals surface area (Å²) in [5.74, 6) is 1.61. The maximum atomic E-state index is 5.39. The van der Waals surface area contributed by atoms with E-state index in [1.165, 1.54) is 4.88 Å². The molecule has 3 aromatic heterocycles. The molecule has 6 heteroatoms. The predicted octanol–water partition coefficient (Wildman–Crippen LogP) is 4.15. The van der Waals surface area contributed by atoms with Crippen LogP contribution in [0.4, 0.5) is 5.82 Å². The summed E-state index contributed by atoms with van der Waals surface area (Å²) >= 11 is 1.73. The van der Waals surface area contributed by atoms with Crippen LogP contribution in [0.5, 0.6) is 0 Å². The molecular formula is C18H22N4OS. The third-order valence-electron chi connectivity index (χ3n) is 3.67. The second-order valence-corrected chi connectivity index (χ2v) is 6.52. The molecule has 0 atom stereocenters. The highest BCUT2D eigenvalue weighted by molar-refractivity contribution is 7.18. The van der Waals surface area contributed by atoms with Crippen molar-refractivity contribution in [3.05, 3.63) is 35.5 Å². The second-order valence-electron chi connectivity index (χ2n) is 5.40. The van der Waals surface area contributed by atoms with E-state index in [1.54, 1.807) is 23.7 Å². The van der Waals surface area contributed by atoms with Crippen molar-refractivity contribution in [2.75, 3.05) is 25.1 Å². The lowest BCUT2D eigenvalue weighted by Crippen LogP contribution is -2.08. The maximum Gasteiger partial charge on any atom is 0.164 e. The van der Waals surface area contributed by atoms with Crippen LogP contribution in [0.3, 0.4) is 0 Å². The quantitative estimate of drug-likeness (QED) is 0.623. The molecule has 0 spiro atoms. The summed E-state index contributed by atoms with van der Waals surface area (Å²) < 4.78 is 5.39. The van der Waals surface area contributed by atoms with Gasteiger partial charge in [0.25, 0.3) is 0 Å². The van der Waals surface area contributed by atoms with Gasteiger partial charge in [0.2, 0.25) is 0 Å². The minimum atomic E-state index is 0.715. The number of aromatic nitrogens is 3. The smallest absolute Gasteiger partial charge is 0.164 e.